The van der Waals surface area contributed by atoms with Crippen molar-refractivity contribution in [3.05, 3.63) is 58.1 Å². The number of benzene rings is 2. The molecular formula is C21H23ClN2O3. The fourth-order valence-corrected chi connectivity index (χ4v) is 2.73. The van der Waals surface area contributed by atoms with Crippen molar-refractivity contribution in [3.63, 3.8) is 0 Å². The van der Waals surface area contributed by atoms with Gasteiger partial charge >= 0.3 is 0 Å². The van der Waals surface area contributed by atoms with Crippen molar-refractivity contribution in [1.82, 2.24) is 5.32 Å². The highest BCUT2D eigenvalue weighted by molar-refractivity contribution is 6.30. The topological polar surface area (TPSA) is 71.3 Å². The van der Waals surface area contributed by atoms with E-state index in [0.717, 1.165) is 16.9 Å². The number of hydrogen-bond donors (Lipinski definition) is 1. The summed E-state index contributed by atoms with van der Waals surface area (Å²) in [5.41, 5.74) is 3.20. The number of rotatable bonds is 9. The molecule has 0 atom stereocenters. The van der Waals surface area contributed by atoms with Gasteiger partial charge in [-0.1, -0.05) is 23.7 Å². The van der Waals surface area contributed by atoms with E-state index in [4.69, 9.17) is 26.3 Å². The zero-order valence-electron chi connectivity index (χ0n) is 15.5. The Bertz CT molecular complexity index is 831. The molecule has 0 bridgehead atoms. The van der Waals surface area contributed by atoms with Gasteiger partial charge in [0.25, 0.3) is 0 Å². The third-order valence-electron chi connectivity index (χ3n) is 4.13. The van der Waals surface area contributed by atoms with E-state index < -0.39 is 0 Å². The van der Waals surface area contributed by atoms with Crippen molar-refractivity contribution < 1.29 is 14.3 Å². The van der Waals surface area contributed by atoms with E-state index in [0.29, 0.717) is 37.0 Å². The Balaban J connectivity index is 1.87. The maximum Gasteiger partial charge on any atom is 0.234 e. The second-order valence-electron chi connectivity index (χ2n) is 6.08. The summed E-state index contributed by atoms with van der Waals surface area (Å²) in [6, 6.07) is 13.2. The first-order valence-electron chi connectivity index (χ1n) is 8.75. The smallest absolute Gasteiger partial charge is 0.234 e. The average molecular weight is 387 g/mol. The molecule has 2 aromatic carbocycles. The molecule has 0 aliphatic heterocycles. The number of aryl methyl sites for hydroxylation is 1. The maximum absolute atomic E-state index is 11.4. The van der Waals surface area contributed by atoms with Crippen LogP contribution in [0.3, 0.4) is 0 Å². The second kappa shape index (κ2) is 10.4. The molecule has 27 heavy (non-hydrogen) atoms. The monoisotopic (exact) mass is 386 g/mol. The Labute approximate surface area is 164 Å². The summed E-state index contributed by atoms with van der Waals surface area (Å²) in [7, 11) is 0. The fraction of sp³-hybridized carbons (Fsp3) is 0.333. The molecule has 6 heteroatoms. The van der Waals surface area contributed by atoms with Crippen LogP contribution in [0, 0.1) is 25.2 Å². The Morgan fingerprint density at radius 3 is 2.63 bits per heavy atom. The van der Waals surface area contributed by atoms with E-state index >= 15 is 0 Å². The van der Waals surface area contributed by atoms with E-state index in [1.165, 1.54) is 5.56 Å². The van der Waals surface area contributed by atoms with Crippen LogP contribution in [-0.2, 0) is 11.2 Å². The summed E-state index contributed by atoms with van der Waals surface area (Å²) < 4.78 is 11.6. The first-order valence-corrected chi connectivity index (χ1v) is 9.13. The van der Waals surface area contributed by atoms with Gasteiger partial charge in [-0.05, 0) is 61.2 Å². The zero-order chi connectivity index (χ0) is 19.6. The van der Waals surface area contributed by atoms with Gasteiger partial charge in [-0.15, -0.1) is 0 Å². The molecule has 2 aromatic rings. The molecule has 0 fully saturated rings. The molecule has 0 aliphatic rings. The van der Waals surface area contributed by atoms with Gasteiger partial charge in [0.1, 0.15) is 31.1 Å². The number of hydrogen-bond acceptors (Lipinski definition) is 4. The summed E-state index contributed by atoms with van der Waals surface area (Å²) in [5.74, 6) is 1.28. The third-order valence-corrected chi connectivity index (χ3v) is 4.37. The van der Waals surface area contributed by atoms with Gasteiger partial charge in [-0.3, -0.25) is 4.79 Å². The van der Waals surface area contributed by atoms with E-state index in [1.54, 1.807) is 6.07 Å². The van der Waals surface area contributed by atoms with Crippen LogP contribution in [0.1, 0.15) is 23.1 Å². The largest absolute Gasteiger partial charge is 0.490 e. The molecule has 0 saturated heterocycles. The van der Waals surface area contributed by atoms with Crippen LogP contribution in [0.5, 0.6) is 11.5 Å². The molecule has 0 aromatic heterocycles. The minimum absolute atomic E-state index is 0.144. The summed E-state index contributed by atoms with van der Waals surface area (Å²) in [6.07, 6.45) is 0.416. The average Bonchev–Trinajstić information content (AvgIpc) is 2.63. The van der Waals surface area contributed by atoms with Crippen LogP contribution in [-0.4, -0.2) is 25.7 Å². The summed E-state index contributed by atoms with van der Waals surface area (Å²) in [6.45, 7) is 5.31. The predicted octanol–water partition coefficient (Wildman–Crippen LogP) is 3.99. The minimum atomic E-state index is -0.288. The first kappa shape index (κ1) is 20.6. The summed E-state index contributed by atoms with van der Waals surface area (Å²) in [5, 5.41) is 11.8. The van der Waals surface area contributed by atoms with Crippen molar-refractivity contribution in [1.29, 1.82) is 5.26 Å². The molecule has 1 N–H and O–H groups in total. The number of nitriles is 1. The highest BCUT2D eigenvalue weighted by atomic mass is 35.5. The molecule has 0 unspecified atom stereocenters. The lowest BCUT2D eigenvalue weighted by Gasteiger charge is -2.14. The van der Waals surface area contributed by atoms with Crippen LogP contribution < -0.4 is 14.8 Å². The van der Waals surface area contributed by atoms with Crippen molar-refractivity contribution in [3.8, 4) is 17.6 Å². The quantitative estimate of drug-likeness (QED) is 0.661. The number of nitrogens with one attached hydrogen (secondary N) is 1. The van der Waals surface area contributed by atoms with Crippen molar-refractivity contribution in [2.24, 2.45) is 0 Å². The van der Waals surface area contributed by atoms with E-state index in [2.05, 4.69) is 5.32 Å². The number of carbonyl (C=O) groups excluding carboxylic acids is 1. The molecule has 0 radical (unpaired) electrons. The predicted molar refractivity (Wildman–Crippen MR) is 105 cm³/mol. The van der Waals surface area contributed by atoms with Gasteiger partial charge in [-0.2, -0.15) is 5.26 Å². The molecule has 0 saturated carbocycles. The first-order chi connectivity index (χ1) is 13.0. The number of ether oxygens (including phenoxy) is 2. The van der Waals surface area contributed by atoms with E-state index in [9.17, 15) is 4.79 Å². The van der Waals surface area contributed by atoms with Crippen LogP contribution in [0.25, 0.3) is 0 Å². The Hall–Kier alpha value is -2.71. The standard InChI is InChI=1S/C21H23ClN2O3/c1-15-4-3-5-19(16(15)2)26-12-13-27-20-7-6-18(22)14-17(20)9-11-24-21(25)8-10-23/h3-7,14H,8-9,11-13H2,1-2H3,(H,24,25). The molecule has 1 amide bonds. The van der Waals surface area contributed by atoms with Crippen molar-refractivity contribution in [2.45, 2.75) is 26.7 Å². The normalized spacial score (nSPS) is 10.1. The van der Waals surface area contributed by atoms with Crippen LogP contribution in [0.15, 0.2) is 36.4 Å². The number of nitrogens with zero attached hydrogens (tertiary/aromatic N) is 1. The van der Waals surface area contributed by atoms with Gasteiger partial charge in [0.15, 0.2) is 0 Å². The Morgan fingerprint density at radius 2 is 1.89 bits per heavy atom. The van der Waals surface area contributed by atoms with Gasteiger partial charge in [0.05, 0.1) is 6.07 Å². The zero-order valence-corrected chi connectivity index (χ0v) is 16.3. The molecule has 0 aliphatic carbocycles. The van der Waals surface area contributed by atoms with Gasteiger partial charge < -0.3 is 14.8 Å². The van der Waals surface area contributed by atoms with Crippen LogP contribution in [0.4, 0.5) is 0 Å². The molecule has 0 heterocycles. The van der Waals surface area contributed by atoms with E-state index in [1.807, 2.05) is 50.2 Å². The fourth-order valence-electron chi connectivity index (χ4n) is 2.54. The lowest BCUT2D eigenvalue weighted by Crippen LogP contribution is -2.25. The highest BCUT2D eigenvalue weighted by Gasteiger charge is 2.07. The summed E-state index contributed by atoms with van der Waals surface area (Å²) in [4.78, 5) is 11.4. The molecular weight excluding hydrogens is 364 g/mol. The molecule has 0 spiro atoms. The Kier molecular flexibility index (Phi) is 7.97. The van der Waals surface area contributed by atoms with Gasteiger partial charge in [-0.25, -0.2) is 0 Å². The highest BCUT2D eigenvalue weighted by Crippen LogP contribution is 2.24. The lowest BCUT2D eigenvalue weighted by atomic mass is 10.1. The third kappa shape index (κ3) is 6.50. The van der Waals surface area contributed by atoms with Gasteiger partial charge in [0, 0.05) is 11.6 Å². The minimum Gasteiger partial charge on any atom is -0.490 e. The Morgan fingerprint density at radius 1 is 1.15 bits per heavy atom. The SMILES string of the molecule is Cc1cccc(OCCOc2ccc(Cl)cc2CCNC(=O)CC#N)c1C. The van der Waals surface area contributed by atoms with E-state index in [-0.39, 0.29) is 12.3 Å². The number of carbonyl (C=O) groups is 1. The van der Waals surface area contributed by atoms with Crippen molar-refractivity contribution in [2.75, 3.05) is 19.8 Å². The van der Waals surface area contributed by atoms with Gasteiger partial charge in [0.2, 0.25) is 5.91 Å². The number of halogens is 1. The number of amides is 1. The van der Waals surface area contributed by atoms with Crippen LogP contribution in [0.2, 0.25) is 5.02 Å². The second-order valence-corrected chi connectivity index (χ2v) is 6.52. The summed E-state index contributed by atoms with van der Waals surface area (Å²) >= 11 is 6.07. The molecule has 142 valence electrons. The molecule has 2 rings (SSSR count). The molecule has 5 nitrogen and oxygen atoms in total. The van der Waals surface area contributed by atoms with Crippen LogP contribution >= 0.6 is 11.6 Å². The lowest BCUT2D eigenvalue weighted by molar-refractivity contribution is -0.120. The maximum atomic E-state index is 11.4. The van der Waals surface area contributed by atoms with Crippen molar-refractivity contribution >= 4 is 17.5 Å².